The Hall–Kier alpha value is -2.18. The number of sulfonamides is 1. The highest BCUT2D eigenvalue weighted by molar-refractivity contribution is 7.89. The van der Waals surface area contributed by atoms with Gasteiger partial charge >= 0.3 is 5.97 Å². The average molecular weight is 361 g/mol. The van der Waals surface area contributed by atoms with E-state index in [0.29, 0.717) is 5.56 Å². The second-order valence-corrected chi connectivity index (χ2v) is 7.89. The molecule has 1 atom stereocenters. The van der Waals surface area contributed by atoms with Crippen molar-refractivity contribution in [2.24, 2.45) is 0 Å². The minimum atomic E-state index is -3.77. The monoisotopic (exact) mass is 361 g/mol. The first-order valence-corrected chi connectivity index (χ1v) is 9.42. The standard InChI is InChI=1S/C19H23NO4S/c1-12-6-9-17(14(3)10-12)15(4)20-25(22,23)16-8-7-13(2)18(11-16)19(21)24-5/h6-11,15,20H,1-5H3/t15-/m1/s1. The summed E-state index contributed by atoms with van der Waals surface area (Å²) >= 11 is 0. The van der Waals surface area contributed by atoms with Crippen molar-refractivity contribution in [3.05, 3.63) is 64.2 Å². The first-order valence-electron chi connectivity index (χ1n) is 7.94. The molecular formula is C19H23NO4S. The van der Waals surface area contributed by atoms with Gasteiger partial charge in [0.1, 0.15) is 0 Å². The van der Waals surface area contributed by atoms with Gasteiger partial charge in [0.15, 0.2) is 0 Å². The molecule has 0 aromatic heterocycles. The molecule has 0 amide bonds. The molecule has 0 unspecified atom stereocenters. The van der Waals surface area contributed by atoms with Crippen LogP contribution in [0.5, 0.6) is 0 Å². The Morgan fingerprint density at radius 2 is 1.72 bits per heavy atom. The van der Waals surface area contributed by atoms with Gasteiger partial charge in [-0.05, 0) is 56.5 Å². The Bertz CT molecular complexity index is 904. The van der Waals surface area contributed by atoms with Gasteiger partial charge in [-0.25, -0.2) is 17.9 Å². The molecule has 134 valence electrons. The normalized spacial score (nSPS) is 12.7. The van der Waals surface area contributed by atoms with Crippen LogP contribution in [-0.4, -0.2) is 21.5 Å². The van der Waals surface area contributed by atoms with Crippen molar-refractivity contribution in [1.82, 2.24) is 4.72 Å². The molecule has 0 saturated heterocycles. The van der Waals surface area contributed by atoms with E-state index in [0.717, 1.165) is 16.7 Å². The fourth-order valence-corrected chi connectivity index (χ4v) is 4.02. The third kappa shape index (κ3) is 4.27. The molecule has 5 nitrogen and oxygen atoms in total. The third-order valence-electron chi connectivity index (χ3n) is 4.15. The number of methoxy groups -OCH3 is 1. The van der Waals surface area contributed by atoms with Crippen LogP contribution >= 0.6 is 0 Å². The van der Waals surface area contributed by atoms with Crippen LogP contribution in [0.25, 0.3) is 0 Å². The zero-order chi connectivity index (χ0) is 18.8. The molecule has 0 fully saturated rings. The predicted molar refractivity (Wildman–Crippen MR) is 97.2 cm³/mol. The summed E-state index contributed by atoms with van der Waals surface area (Å²) in [7, 11) is -2.51. The Morgan fingerprint density at radius 1 is 1.04 bits per heavy atom. The summed E-state index contributed by atoms with van der Waals surface area (Å²) < 4.78 is 32.8. The Labute approximate surface area is 149 Å². The molecule has 25 heavy (non-hydrogen) atoms. The number of hydrogen-bond donors (Lipinski definition) is 1. The first kappa shape index (κ1) is 19.1. The van der Waals surface area contributed by atoms with Crippen LogP contribution in [0.15, 0.2) is 41.3 Å². The van der Waals surface area contributed by atoms with Crippen molar-refractivity contribution >= 4 is 16.0 Å². The lowest BCUT2D eigenvalue weighted by Crippen LogP contribution is -2.27. The molecule has 2 aromatic rings. The van der Waals surface area contributed by atoms with Crippen LogP contribution in [0.4, 0.5) is 0 Å². The van der Waals surface area contributed by atoms with E-state index in [-0.39, 0.29) is 10.5 Å². The molecule has 0 aliphatic heterocycles. The maximum atomic E-state index is 12.7. The van der Waals surface area contributed by atoms with E-state index in [9.17, 15) is 13.2 Å². The van der Waals surface area contributed by atoms with E-state index in [1.54, 1.807) is 19.9 Å². The summed E-state index contributed by atoms with van der Waals surface area (Å²) in [6, 6.07) is 9.93. The van der Waals surface area contributed by atoms with Crippen molar-refractivity contribution in [2.75, 3.05) is 7.11 Å². The summed E-state index contributed by atoms with van der Waals surface area (Å²) in [5, 5.41) is 0. The zero-order valence-corrected chi connectivity index (χ0v) is 15.9. The van der Waals surface area contributed by atoms with Gasteiger partial charge in [-0.1, -0.05) is 29.8 Å². The summed E-state index contributed by atoms with van der Waals surface area (Å²) in [4.78, 5) is 11.8. The Kier molecular flexibility index (Phi) is 5.65. The summed E-state index contributed by atoms with van der Waals surface area (Å²) in [5.41, 5.74) is 3.96. The van der Waals surface area contributed by atoms with E-state index in [1.165, 1.54) is 19.2 Å². The molecular weight excluding hydrogens is 338 g/mol. The van der Waals surface area contributed by atoms with Crippen molar-refractivity contribution in [3.8, 4) is 0 Å². The lowest BCUT2D eigenvalue weighted by atomic mass is 10.0. The topological polar surface area (TPSA) is 72.5 Å². The molecule has 0 aliphatic carbocycles. The lowest BCUT2D eigenvalue weighted by molar-refractivity contribution is 0.0599. The molecule has 0 aliphatic rings. The largest absolute Gasteiger partial charge is 0.465 e. The van der Waals surface area contributed by atoms with Crippen molar-refractivity contribution in [2.45, 2.75) is 38.6 Å². The first-order chi connectivity index (χ1) is 11.7. The number of hydrogen-bond acceptors (Lipinski definition) is 4. The number of nitrogens with one attached hydrogen (secondary N) is 1. The Morgan fingerprint density at radius 3 is 2.32 bits per heavy atom. The molecule has 0 bridgehead atoms. The van der Waals surface area contributed by atoms with Gasteiger partial charge in [0, 0.05) is 6.04 Å². The van der Waals surface area contributed by atoms with E-state index >= 15 is 0 Å². The van der Waals surface area contributed by atoms with E-state index in [4.69, 9.17) is 4.74 Å². The van der Waals surface area contributed by atoms with Crippen LogP contribution in [0.1, 0.15) is 45.6 Å². The number of carbonyl (C=O) groups is 1. The number of rotatable bonds is 5. The summed E-state index contributed by atoms with van der Waals surface area (Å²) in [5.74, 6) is -0.558. The zero-order valence-electron chi connectivity index (χ0n) is 15.1. The highest BCUT2D eigenvalue weighted by atomic mass is 32.2. The van der Waals surface area contributed by atoms with Crippen LogP contribution < -0.4 is 4.72 Å². The molecule has 0 heterocycles. The molecule has 0 saturated carbocycles. The molecule has 2 aromatic carbocycles. The van der Waals surface area contributed by atoms with Gasteiger partial charge in [0.25, 0.3) is 0 Å². The van der Waals surface area contributed by atoms with Gasteiger partial charge in [0.05, 0.1) is 17.6 Å². The van der Waals surface area contributed by atoms with E-state index in [1.807, 2.05) is 32.0 Å². The highest BCUT2D eigenvalue weighted by Gasteiger charge is 2.21. The fourth-order valence-electron chi connectivity index (χ4n) is 2.77. The minimum absolute atomic E-state index is 0.0371. The van der Waals surface area contributed by atoms with Gasteiger partial charge in [-0.2, -0.15) is 0 Å². The van der Waals surface area contributed by atoms with Crippen LogP contribution in [0.2, 0.25) is 0 Å². The molecule has 0 radical (unpaired) electrons. The van der Waals surface area contributed by atoms with E-state index in [2.05, 4.69) is 4.72 Å². The SMILES string of the molecule is COC(=O)c1cc(S(=O)(=O)N[C@H](C)c2ccc(C)cc2C)ccc1C. The molecule has 2 rings (SSSR count). The highest BCUT2D eigenvalue weighted by Crippen LogP contribution is 2.22. The maximum absolute atomic E-state index is 12.7. The van der Waals surface area contributed by atoms with Crippen LogP contribution in [0.3, 0.4) is 0 Å². The Balaban J connectivity index is 2.34. The third-order valence-corrected chi connectivity index (χ3v) is 5.69. The summed E-state index contributed by atoms with van der Waals surface area (Å²) in [6.45, 7) is 7.47. The van der Waals surface area contributed by atoms with Gasteiger partial charge in [-0.15, -0.1) is 0 Å². The van der Waals surface area contributed by atoms with Gasteiger partial charge in [-0.3, -0.25) is 0 Å². The number of ether oxygens (including phenoxy) is 1. The predicted octanol–water partition coefficient (Wildman–Crippen LogP) is 3.44. The van der Waals surface area contributed by atoms with Crippen molar-refractivity contribution in [1.29, 1.82) is 0 Å². The fraction of sp³-hybridized carbons (Fsp3) is 0.316. The molecule has 1 N–H and O–H groups in total. The van der Waals surface area contributed by atoms with Crippen molar-refractivity contribution in [3.63, 3.8) is 0 Å². The second-order valence-electron chi connectivity index (χ2n) is 6.17. The number of aryl methyl sites for hydroxylation is 3. The number of carbonyl (C=O) groups excluding carboxylic acids is 1. The molecule has 0 spiro atoms. The van der Waals surface area contributed by atoms with E-state index < -0.39 is 22.0 Å². The summed E-state index contributed by atoms with van der Waals surface area (Å²) in [6.07, 6.45) is 0. The minimum Gasteiger partial charge on any atom is -0.465 e. The quantitative estimate of drug-likeness (QED) is 0.828. The molecule has 6 heteroatoms. The second kappa shape index (κ2) is 7.37. The smallest absolute Gasteiger partial charge is 0.338 e. The number of benzene rings is 2. The maximum Gasteiger partial charge on any atom is 0.338 e. The average Bonchev–Trinajstić information content (AvgIpc) is 2.53. The van der Waals surface area contributed by atoms with Gasteiger partial charge in [0.2, 0.25) is 10.0 Å². The van der Waals surface area contributed by atoms with Crippen LogP contribution in [0, 0.1) is 20.8 Å². The van der Waals surface area contributed by atoms with Crippen molar-refractivity contribution < 1.29 is 17.9 Å². The number of esters is 1. The van der Waals surface area contributed by atoms with Crippen LogP contribution in [-0.2, 0) is 14.8 Å². The lowest BCUT2D eigenvalue weighted by Gasteiger charge is -2.18. The van der Waals surface area contributed by atoms with Gasteiger partial charge < -0.3 is 4.74 Å².